The first-order chi connectivity index (χ1) is 10.2. The van der Waals surface area contributed by atoms with E-state index in [2.05, 4.69) is 10.6 Å². The van der Waals surface area contributed by atoms with Crippen molar-refractivity contribution < 1.29 is 14.3 Å². The third-order valence-corrected chi connectivity index (χ3v) is 3.30. The van der Waals surface area contributed by atoms with Crippen LogP contribution in [0.2, 0.25) is 0 Å². The highest BCUT2D eigenvalue weighted by atomic mass is 35.5. The van der Waals surface area contributed by atoms with Gasteiger partial charge in [0.05, 0.1) is 5.69 Å². The molecule has 2 N–H and O–H groups in total. The summed E-state index contributed by atoms with van der Waals surface area (Å²) in [5, 5.41) is 5.87. The van der Waals surface area contributed by atoms with Gasteiger partial charge in [-0.05, 0) is 32.1 Å². The fraction of sp³-hybridized carbons (Fsp3) is 0.467. The number of anilines is 1. The molecule has 2 rings (SSSR count). The highest BCUT2D eigenvalue weighted by Gasteiger charge is 2.25. The van der Waals surface area contributed by atoms with Crippen molar-refractivity contribution >= 4 is 29.9 Å². The molecule has 7 heteroatoms. The highest BCUT2D eigenvalue weighted by molar-refractivity contribution is 5.98. The lowest BCUT2D eigenvalue weighted by molar-refractivity contribution is -0.122. The van der Waals surface area contributed by atoms with Crippen LogP contribution >= 0.6 is 12.4 Å². The molecule has 122 valence electrons. The molecule has 1 aliphatic rings. The third kappa shape index (κ3) is 4.89. The second-order valence-electron chi connectivity index (χ2n) is 4.86. The lowest BCUT2D eigenvalue weighted by atomic mass is 10.2. The van der Waals surface area contributed by atoms with Crippen LogP contribution < -0.4 is 20.3 Å². The molecule has 1 heterocycles. The van der Waals surface area contributed by atoms with E-state index in [0.717, 1.165) is 18.7 Å². The predicted octanol–water partition coefficient (Wildman–Crippen LogP) is 0.950. The van der Waals surface area contributed by atoms with Crippen molar-refractivity contribution in [2.24, 2.45) is 0 Å². The zero-order valence-corrected chi connectivity index (χ0v) is 13.4. The van der Waals surface area contributed by atoms with Crippen LogP contribution in [0.25, 0.3) is 0 Å². The SMILES string of the molecule is CNCCCNC(=O)CCN1C(=O)COc2ccccc21.Cl. The number of ether oxygens (including phenoxy) is 1. The van der Waals surface area contributed by atoms with Gasteiger partial charge in [0, 0.05) is 19.5 Å². The van der Waals surface area contributed by atoms with Crippen molar-refractivity contribution in [3.63, 3.8) is 0 Å². The Morgan fingerprint density at radius 1 is 1.32 bits per heavy atom. The second kappa shape index (κ2) is 9.27. The van der Waals surface area contributed by atoms with E-state index in [-0.39, 0.29) is 30.8 Å². The summed E-state index contributed by atoms with van der Waals surface area (Å²) in [5.41, 5.74) is 0.733. The number of hydrogen-bond acceptors (Lipinski definition) is 4. The lowest BCUT2D eigenvalue weighted by Crippen LogP contribution is -2.41. The van der Waals surface area contributed by atoms with Gasteiger partial charge in [0.2, 0.25) is 5.91 Å². The van der Waals surface area contributed by atoms with E-state index in [4.69, 9.17) is 4.74 Å². The van der Waals surface area contributed by atoms with Gasteiger partial charge in [-0.1, -0.05) is 12.1 Å². The zero-order valence-electron chi connectivity index (χ0n) is 12.6. The number of carbonyl (C=O) groups is 2. The number of fused-ring (bicyclic) bond motifs is 1. The number of para-hydroxylation sites is 2. The van der Waals surface area contributed by atoms with Gasteiger partial charge >= 0.3 is 0 Å². The minimum absolute atomic E-state index is 0. The lowest BCUT2D eigenvalue weighted by Gasteiger charge is -2.29. The molecule has 0 spiro atoms. The molecule has 0 saturated heterocycles. The minimum atomic E-state index is -0.114. The monoisotopic (exact) mass is 327 g/mol. The average Bonchev–Trinajstić information content (AvgIpc) is 2.50. The summed E-state index contributed by atoms with van der Waals surface area (Å²) in [7, 11) is 1.88. The van der Waals surface area contributed by atoms with E-state index in [1.54, 1.807) is 4.90 Å². The van der Waals surface area contributed by atoms with E-state index in [0.29, 0.717) is 25.3 Å². The quantitative estimate of drug-likeness (QED) is 0.732. The van der Waals surface area contributed by atoms with Gasteiger partial charge < -0.3 is 20.3 Å². The molecule has 0 saturated carbocycles. The Morgan fingerprint density at radius 2 is 2.09 bits per heavy atom. The largest absolute Gasteiger partial charge is 0.482 e. The van der Waals surface area contributed by atoms with Crippen LogP contribution in [-0.2, 0) is 9.59 Å². The smallest absolute Gasteiger partial charge is 0.265 e. The van der Waals surface area contributed by atoms with Crippen molar-refractivity contribution in [2.45, 2.75) is 12.8 Å². The molecule has 0 aromatic heterocycles. The molecule has 0 radical (unpaired) electrons. The Kier molecular flexibility index (Phi) is 7.70. The molecular formula is C15H22ClN3O3. The molecule has 1 aliphatic heterocycles. The van der Waals surface area contributed by atoms with Gasteiger partial charge in [0.15, 0.2) is 6.61 Å². The fourth-order valence-electron chi connectivity index (χ4n) is 2.19. The molecule has 0 aliphatic carbocycles. The second-order valence-corrected chi connectivity index (χ2v) is 4.86. The van der Waals surface area contributed by atoms with Crippen molar-refractivity contribution in [2.75, 3.05) is 38.2 Å². The standard InChI is InChI=1S/C15H21N3O3.ClH/c1-16-8-4-9-17-14(19)7-10-18-12-5-2-3-6-13(12)21-11-15(18)20;/h2-3,5-6,16H,4,7-11H2,1H3,(H,17,19);1H. The Balaban J connectivity index is 0.00000242. The number of carbonyl (C=O) groups excluding carboxylic acids is 2. The number of nitrogens with zero attached hydrogens (tertiary/aromatic N) is 1. The van der Waals surface area contributed by atoms with Gasteiger partial charge in [0.1, 0.15) is 5.75 Å². The molecule has 2 amide bonds. The van der Waals surface area contributed by atoms with E-state index < -0.39 is 0 Å². The summed E-state index contributed by atoms with van der Waals surface area (Å²) in [6, 6.07) is 7.37. The molecule has 0 fully saturated rings. The number of nitrogens with one attached hydrogen (secondary N) is 2. The number of halogens is 1. The van der Waals surface area contributed by atoms with E-state index in [9.17, 15) is 9.59 Å². The van der Waals surface area contributed by atoms with Crippen LogP contribution in [0.5, 0.6) is 5.75 Å². The predicted molar refractivity (Wildman–Crippen MR) is 87.7 cm³/mol. The van der Waals surface area contributed by atoms with Gasteiger partial charge in [-0.2, -0.15) is 0 Å². The van der Waals surface area contributed by atoms with Crippen molar-refractivity contribution in [3.05, 3.63) is 24.3 Å². The Bertz CT molecular complexity index is 511. The van der Waals surface area contributed by atoms with E-state index >= 15 is 0 Å². The number of rotatable bonds is 7. The topological polar surface area (TPSA) is 70.7 Å². The molecule has 0 unspecified atom stereocenters. The summed E-state index contributed by atoms with van der Waals surface area (Å²) in [4.78, 5) is 25.3. The maximum Gasteiger partial charge on any atom is 0.265 e. The molecule has 1 aromatic rings. The van der Waals surface area contributed by atoms with Gasteiger partial charge in [0.25, 0.3) is 5.91 Å². The minimum Gasteiger partial charge on any atom is -0.482 e. The van der Waals surface area contributed by atoms with Gasteiger partial charge in [-0.25, -0.2) is 0 Å². The van der Waals surface area contributed by atoms with Gasteiger partial charge in [-0.15, -0.1) is 12.4 Å². The summed E-state index contributed by atoms with van der Waals surface area (Å²) in [6.45, 7) is 1.92. The average molecular weight is 328 g/mol. The van der Waals surface area contributed by atoms with Crippen molar-refractivity contribution in [1.29, 1.82) is 0 Å². The summed E-state index contributed by atoms with van der Waals surface area (Å²) in [6.07, 6.45) is 1.18. The molecule has 22 heavy (non-hydrogen) atoms. The Labute approximate surface area is 136 Å². The van der Waals surface area contributed by atoms with Crippen LogP contribution in [0, 0.1) is 0 Å². The van der Waals surface area contributed by atoms with Crippen LogP contribution in [0.1, 0.15) is 12.8 Å². The van der Waals surface area contributed by atoms with Gasteiger partial charge in [-0.3, -0.25) is 9.59 Å². The van der Waals surface area contributed by atoms with Crippen molar-refractivity contribution in [3.8, 4) is 5.75 Å². The Morgan fingerprint density at radius 3 is 2.86 bits per heavy atom. The fourth-order valence-corrected chi connectivity index (χ4v) is 2.19. The van der Waals surface area contributed by atoms with Crippen LogP contribution in [0.15, 0.2) is 24.3 Å². The first kappa shape index (κ1) is 18.3. The first-order valence-electron chi connectivity index (χ1n) is 7.16. The maximum absolute atomic E-state index is 11.9. The molecular weight excluding hydrogens is 306 g/mol. The summed E-state index contributed by atoms with van der Waals surface area (Å²) >= 11 is 0. The zero-order chi connectivity index (χ0) is 15.1. The number of amides is 2. The van der Waals surface area contributed by atoms with Crippen molar-refractivity contribution in [1.82, 2.24) is 10.6 Å². The van der Waals surface area contributed by atoms with E-state index in [1.165, 1.54) is 0 Å². The third-order valence-electron chi connectivity index (χ3n) is 3.30. The number of benzene rings is 1. The molecule has 6 nitrogen and oxygen atoms in total. The normalized spacial score (nSPS) is 13.0. The molecule has 0 atom stereocenters. The Hall–Kier alpha value is -1.79. The van der Waals surface area contributed by atoms with Crippen LogP contribution in [-0.4, -0.2) is 45.1 Å². The highest BCUT2D eigenvalue weighted by Crippen LogP contribution is 2.31. The summed E-state index contributed by atoms with van der Waals surface area (Å²) < 4.78 is 5.37. The summed E-state index contributed by atoms with van der Waals surface area (Å²) in [5.74, 6) is 0.533. The number of hydrogen-bond donors (Lipinski definition) is 2. The maximum atomic E-state index is 11.9. The van der Waals surface area contributed by atoms with Crippen LogP contribution in [0.3, 0.4) is 0 Å². The van der Waals surface area contributed by atoms with Crippen LogP contribution in [0.4, 0.5) is 5.69 Å². The van der Waals surface area contributed by atoms with E-state index in [1.807, 2.05) is 31.3 Å². The first-order valence-corrected chi connectivity index (χ1v) is 7.16. The molecule has 1 aromatic carbocycles. The molecule has 0 bridgehead atoms.